The van der Waals surface area contributed by atoms with Crippen LogP contribution in [0.3, 0.4) is 0 Å². The van der Waals surface area contributed by atoms with Crippen molar-refractivity contribution in [1.82, 2.24) is 0 Å². The molecule has 4 heteroatoms. The van der Waals surface area contributed by atoms with Crippen molar-refractivity contribution in [2.45, 2.75) is 46.1 Å². The van der Waals surface area contributed by atoms with Crippen LogP contribution < -0.4 is 0 Å². The average molecular weight is 264 g/mol. The van der Waals surface area contributed by atoms with Gasteiger partial charge >= 0.3 is 5.97 Å². The van der Waals surface area contributed by atoms with Crippen molar-refractivity contribution in [3.05, 3.63) is 23.8 Å². The lowest BCUT2D eigenvalue weighted by Gasteiger charge is -2.25. The Bertz CT molecular complexity index is 429. The van der Waals surface area contributed by atoms with Crippen LogP contribution in [0.5, 0.6) is 0 Å². The Labute approximate surface area is 113 Å². The fraction of sp³-hybridized carbons (Fsp3) is 0.533. The van der Waals surface area contributed by atoms with E-state index in [1.807, 2.05) is 13.8 Å². The topological polar surface area (TPSA) is 60.4 Å². The zero-order chi connectivity index (χ0) is 14.5. The summed E-state index contributed by atoms with van der Waals surface area (Å²) in [6.45, 7) is 5.61. The van der Waals surface area contributed by atoms with E-state index in [0.717, 1.165) is 6.29 Å². The van der Waals surface area contributed by atoms with Crippen LogP contribution in [0.4, 0.5) is 0 Å². The fourth-order valence-corrected chi connectivity index (χ4v) is 1.76. The minimum atomic E-state index is -0.441. The van der Waals surface area contributed by atoms with Gasteiger partial charge in [-0.15, -0.1) is 0 Å². The van der Waals surface area contributed by atoms with Gasteiger partial charge < -0.3 is 9.53 Å². The lowest BCUT2D eigenvalue weighted by molar-refractivity contribution is -0.142. The maximum atomic E-state index is 11.6. The fourth-order valence-electron chi connectivity index (χ4n) is 1.76. The largest absolute Gasteiger partial charge is 0.454 e. The van der Waals surface area contributed by atoms with Crippen LogP contribution >= 0.6 is 0 Å². The molecule has 1 rings (SSSR count). The summed E-state index contributed by atoms with van der Waals surface area (Å²) in [4.78, 5) is 33.3. The summed E-state index contributed by atoms with van der Waals surface area (Å²) in [5.41, 5.74) is 0.101. The van der Waals surface area contributed by atoms with Crippen molar-refractivity contribution < 1.29 is 19.1 Å². The van der Waals surface area contributed by atoms with Crippen LogP contribution in [0.2, 0.25) is 0 Å². The van der Waals surface area contributed by atoms with Crippen molar-refractivity contribution in [2.24, 2.45) is 5.41 Å². The van der Waals surface area contributed by atoms with Crippen LogP contribution in [0.1, 0.15) is 40.0 Å². The van der Waals surface area contributed by atoms with Gasteiger partial charge in [-0.3, -0.25) is 4.79 Å². The van der Waals surface area contributed by atoms with E-state index in [1.54, 1.807) is 19.1 Å². The van der Waals surface area contributed by atoms with E-state index < -0.39 is 5.41 Å². The second-order valence-corrected chi connectivity index (χ2v) is 5.20. The number of allylic oxidation sites excluding steroid dienone is 1. The number of hydrogen-bond acceptors (Lipinski definition) is 4. The highest BCUT2D eigenvalue weighted by Gasteiger charge is 2.35. The minimum Gasteiger partial charge on any atom is -0.454 e. The van der Waals surface area contributed by atoms with Gasteiger partial charge in [0.2, 0.25) is 0 Å². The molecule has 0 aromatic carbocycles. The average Bonchev–Trinajstić information content (AvgIpc) is 2.75. The van der Waals surface area contributed by atoms with Gasteiger partial charge in [0.05, 0.1) is 0 Å². The first-order valence-corrected chi connectivity index (χ1v) is 6.48. The Morgan fingerprint density at radius 1 is 1.47 bits per heavy atom. The van der Waals surface area contributed by atoms with Gasteiger partial charge in [-0.25, -0.2) is 4.79 Å². The van der Waals surface area contributed by atoms with Crippen LogP contribution in [0.15, 0.2) is 23.8 Å². The molecule has 0 radical (unpaired) electrons. The predicted octanol–water partition coefficient (Wildman–Crippen LogP) is 2.38. The second kappa shape index (κ2) is 6.45. The minimum absolute atomic E-state index is 0.0440. The molecule has 104 valence electrons. The Balaban J connectivity index is 2.77. The summed E-state index contributed by atoms with van der Waals surface area (Å²) >= 11 is 0. The molecule has 0 aromatic heterocycles. The Morgan fingerprint density at radius 2 is 2.16 bits per heavy atom. The molecule has 1 aliphatic rings. The summed E-state index contributed by atoms with van der Waals surface area (Å²) in [7, 11) is 0. The molecule has 1 heterocycles. The quantitative estimate of drug-likeness (QED) is 0.402. The van der Waals surface area contributed by atoms with Crippen molar-refractivity contribution >= 4 is 18.0 Å². The molecule has 0 N–H and O–H groups in total. The predicted molar refractivity (Wildman–Crippen MR) is 71.5 cm³/mol. The van der Waals surface area contributed by atoms with Gasteiger partial charge in [-0.2, -0.15) is 0 Å². The van der Waals surface area contributed by atoms with E-state index in [-0.39, 0.29) is 17.9 Å². The van der Waals surface area contributed by atoms with Crippen LogP contribution in [-0.4, -0.2) is 24.1 Å². The number of carbonyl (C=O) groups excluding carboxylic acids is 3. The third-order valence-corrected chi connectivity index (χ3v) is 3.16. The Morgan fingerprint density at radius 3 is 2.74 bits per heavy atom. The molecule has 0 amide bonds. The van der Waals surface area contributed by atoms with Gasteiger partial charge in [0.1, 0.15) is 12.4 Å². The first-order chi connectivity index (χ1) is 8.90. The van der Waals surface area contributed by atoms with Crippen molar-refractivity contribution in [2.75, 3.05) is 0 Å². The van der Waals surface area contributed by atoms with Crippen molar-refractivity contribution in [3.63, 3.8) is 0 Å². The highest BCUT2D eigenvalue weighted by Crippen LogP contribution is 2.32. The van der Waals surface area contributed by atoms with Gasteiger partial charge in [0.15, 0.2) is 5.78 Å². The summed E-state index contributed by atoms with van der Waals surface area (Å²) < 4.78 is 5.29. The maximum absolute atomic E-state index is 11.6. The molecule has 1 atom stereocenters. The molecule has 4 nitrogen and oxygen atoms in total. The molecule has 0 saturated carbocycles. The molecule has 0 aliphatic carbocycles. The molecule has 0 aromatic rings. The lowest BCUT2D eigenvalue weighted by Crippen LogP contribution is -2.27. The van der Waals surface area contributed by atoms with Gasteiger partial charge in [0.25, 0.3) is 0 Å². The third kappa shape index (κ3) is 4.16. The van der Waals surface area contributed by atoms with E-state index in [1.165, 1.54) is 6.08 Å². The van der Waals surface area contributed by atoms with Crippen molar-refractivity contribution in [3.8, 4) is 0 Å². The lowest BCUT2D eigenvalue weighted by atomic mass is 9.85. The summed E-state index contributed by atoms with van der Waals surface area (Å²) in [6.07, 6.45) is 6.64. The molecule has 0 unspecified atom stereocenters. The number of hydrogen-bond donors (Lipinski definition) is 0. The number of carbonyl (C=O) groups is 3. The van der Waals surface area contributed by atoms with E-state index in [0.29, 0.717) is 24.8 Å². The Hall–Kier alpha value is -1.71. The van der Waals surface area contributed by atoms with Crippen LogP contribution in [0.25, 0.3) is 0 Å². The normalized spacial score (nSPS) is 19.4. The number of cyclic esters (lactones) is 1. The van der Waals surface area contributed by atoms with Crippen LogP contribution in [-0.2, 0) is 19.1 Å². The summed E-state index contributed by atoms with van der Waals surface area (Å²) in [5, 5.41) is 0. The molecule has 0 fully saturated rings. The highest BCUT2D eigenvalue weighted by molar-refractivity contribution is 5.91. The van der Waals surface area contributed by atoms with E-state index in [9.17, 15) is 14.4 Å². The third-order valence-electron chi connectivity index (χ3n) is 3.16. The molecule has 0 saturated heterocycles. The molecule has 0 spiro atoms. The van der Waals surface area contributed by atoms with Crippen molar-refractivity contribution in [1.29, 1.82) is 0 Å². The number of ketones is 1. The van der Waals surface area contributed by atoms with Gasteiger partial charge in [-0.05, 0) is 18.6 Å². The number of aldehydes is 1. The van der Waals surface area contributed by atoms with E-state index in [4.69, 9.17) is 4.74 Å². The first-order valence-electron chi connectivity index (χ1n) is 6.48. The SMILES string of the molecule is CCC(=O)/C=C/C(C)(C)[C@@H]1C=C(CCC=O)C(=O)O1. The molecule has 1 aliphatic heterocycles. The standard InChI is InChI=1S/C15H20O4/c1-4-12(17)7-8-15(2,3)13-10-11(6-5-9-16)14(18)19-13/h7-10,13H,4-6H2,1-3H3/b8-7+/t13-/m0/s1. The molecule has 0 bridgehead atoms. The number of rotatable bonds is 7. The molecular formula is C15H20O4. The summed E-state index contributed by atoms with van der Waals surface area (Å²) in [6, 6.07) is 0. The molecular weight excluding hydrogens is 244 g/mol. The summed E-state index contributed by atoms with van der Waals surface area (Å²) in [5.74, 6) is -0.322. The van der Waals surface area contributed by atoms with E-state index in [2.05, 4.69) is 0 Å². The van der Waals surface area contributed by atoms with Crippen LogP contribution in [0, 0.1) is 5.41 Å². The monoisotopic (exact) mass is 264 g/mol. The highest BCUT2D eigenvalue weighted by atomic mass is 16.5. The smallest absolute Gasteiger partial charge is 0.334 e. The number of esters is 1. The van der Waals surface area contributed by atoms with E-state index >= 15 is 0 Å². The van der Waals surface area contributed by atoms with Gasteiger partial charge in [0, 0.05) is 23.8 Å². The molecule has 19 heavy (non-hydrogen) atoms. The Kier molecular flexibility index (Phi) is 5.21. The van der Waals surface area contributed by atoms with Gasteiger partial charge in [-0.1, -0.05) is 26.8 Å². The second-order valence-electron chi connectivity index (χ2n) is 5.20. The zero-order valence-electron chi connectivity index (χ0n) is 11.6. The maximum Gasteiger partial charge on any atom is 0.334 e. The number of ether oxygens (including phenoxy) is 1. The zero-order valence-corrected chi connectivity index (χ0v) is 11.6. The first kappa shape index (κ1) is 15.3.